The maximum atomic E-state index is 8.74. The second kappa shape index (κ2) is 8.25. The SMILES string of the molecule is Cc1oc(-c2ccccc2)nc1COc1ccc2cc(CCNO)ccc2c1. The van der Waals surface area contributed by atoms with Crippen molar-refractivity contribution in [2.75, 3.05) is 6.54 Å². The first-order valence-corrected chi connectivity index (χ1v) is 9.27. The average Bonchev–Trinajstić information content (AvgIpc) is 3.11. The van der Waals surface area contributed by atoms with Gasteiger partial charge in [0.25, 0.3) is 0 Å². The Labute approximate surface area is 163 Å². The number of oxazole rings is 1. The Morgan fingerprint density at radius 2 is 1.79 bits per heavy atom. The summed E-state index contributed by atoms with van der Waals surface area (Å²) in [6, 6.07) is 22.2. The van der Waals surface area contributed by atoms with Crippen LogP contribution in [0.1, 0.15) is 17.0 Å². The van der Waals surface area contributed by atoms with Gasteiger partial charge >= 0.3 is 0 Å². The molecule has 28 heavy (non-hydrogen) atoms. The Bertz CT molecular complexity index is 1070. The molecule has 0 aliphatic carbocycles. The number of rotatable bonds is 7. The van der Waals surface area contributed by atoms with Gasteiger partial charge in [-0.25, -0.2) is 10.5 Å². The summed E-state index contributed by atoms with van der Waals surface area (Å²) < 4.78 is 11.8. The molecule has 0 saturated heterocycles. The van der Waals surface area contributed by atoms with Crippen LogP contribution in [0.2, 0.25) is 0 Å². The molecular weight excluding hydrogens is 352 g/mol. The number of hydrogen-bond acceptors (Lipinski definition) is 5. The monoisotopic (exact) mass is 374 g/mol. The van der Waals surface area contributed by atoms with Crippen molar-refractivity contribution < 1.29 is 14.4 Å². The zero-order valence-electron chi connectivity index (χ0n) is 15.7. The Morgan fingerprint density at radius 3 is 2.61 bits per heavy atom. The number of aryl methyl sites for hydroxylation is 1. The van der Waals surface area contributed by atoms with Crippen LogP contribution in [0.15, 0.2) is 71.1 Å². The number of hydrogen-bond donors (Lipinski definition) is 2. The predicted molar refractivity (Wildman–Crippen MR) is 108 cm³/mol. The van der Waals surface area contributed by atoms with Gasteiger partial charge in [0.15, 0.2) is 0 Å². The second-order valence-electron chi connectivity index (χ2n) is 6.68. The summed E-state index contributed by atoms with van der Waals surface area (Å²) in [5, 5.41) is 11.0. The number of benzene rings is 3. The van der Waals surface area contributed by atoms with Crippen molar-refractivity contribution in [2.45, 2.75) is 20.0 Å². The molecule has 0 aliphatic heterocycles. The van der Waals surface area contributed by atoms with E-state index >= 15 is 0 Å². The van der Waals surface area contributed by atoms with Gasteiger partial charge in [-0.05, 0) is 53.9 Å². The van der Waals surface area contributed by atoms with Crippen LogP contribution in [0, 0.1) is 6.92 Å². The lowest BCUT2D eigenvalue weighted by atomic mass is 10.0. The summed E-state index contributed by atoms with van der Waals surface area (Å²) in [5.41, 5.74) is 5.11. The van der Waals surface area contributed by atoms with Gasteiger partial charge in [-0.3, -0.25) is 0 Å². The van der Waals surface area contributed by atoms with Crippen LogP contribution in [0.25, 0.3) is 22.2 Å². The summed E-state index contributed by atoms with van der Waals surface area (Å²) >= 11 is 0. The topological polar surface area (TPSA) is 67.5 Å². The van der Waals surface area contributed by atoms with Gasteiger partial charge in [-0.15, -0.1) is 0 Å². The van der Waals surface area contributed by atoms with Crippen molar-refractivity contribution in [3.05, 3.63) is 83.7 Å². The molecule has 3 aromatic carbocycles. The van der Waals surface area contributed by atoms with E-state index in [9.17, 15) is 0 Å². The highest BCUT2D eigenvalue weighted by molar-refractivity contribution is 5.84. The molecule has 0 fully saturated rings. The molecule has 0 saturated carbocycles. The fraction of sp³-hybridized carbons (Fsp3) is 0.174. The maximum absolute atomic E-state index is 8.74. The van der Waals surface area contributed by atoms with E-state index in [1.165, 1.54) is 5.56 Å². The number of fused-ring (bicyclic) bond motifs is 1. The van der Waals surface area contributed by atoms with Gasteiger partial charge in [0.2, 0.25) is 5.89 Å². The Kier molecular flexibility index (Phi) is 5.37. The van der Waals surface area contributed by atoms with Gasteiger partial charge in [0.1, 0.15) is 23.8 Å². The van der Waals surface area contributed by atoms with Crippen molar-refractivity contribution in [3.63, 3.8) is 0 Å². The molecule has 5 heteroatoms. The van der Waals surface area contributed by atoms with E-state index in [-0.39, 0.29) is 0 Å². The molecule has 0 bridgehead atoms. The predicted octanol–water partition coefficient (Wildman–Crippen LogP) is 4.90. The largest absolute Gasteiger partial charge is 0.487 e. The van der Waals surface area contributed by atoms with Crippen LogP contribution in [-0.2, 0) is 13.0 Å². The maximum Gasteiger partial charge on any atom is 0.226 e. The zero-order chi connectivity index (χ0) is 19.3. The third-order valence-corrected chi connectivity index (χ3v) is 4.69. The van der Waals surface area contributed by atoms with E-state index < -0.39 is 0 Å². The lowest BCUT2D eigenvalue weighted by Gasteiger charge is -2.08. The van der Waals surface area contributed by atoms with E-state index in [4.69, 9.17) is 14.4 Å². The summed E-state index contributed by atoms with van der Waals surface area (Å²) in [6.45, 7) is 2.80. The van der Waals surface area contributed by atoms with Gasteiger partial charge < -0.3 is 14.4 Å². The molecular formula is C23H22N2O3. The molecule has 0 spiro atoms. The lowest BCUT2D eigenvalue weighted by molar-refractivity contribution is 0.168. The van der Waals surface area contributed by atoms with Gasteiger partial charge in [0.05, 0.1) is 0 Å². The van der Waals surface area contributed by atoms with Gasteiger partial charge in [-0.1, -0.05) is 42.5 Å². The fourth-order valence-electron chi connectivity index (χ4n) is 3.14. The number of nitrogens with one attached hydrogen (secondary N) is 1. The van der Waals surface area contributed by atoms with E-state index in [1.807, 2.05) is 55.5 Å². The second-order valence-corrected chi connectivity index (χ2v) is 6.68. The van der Waals surface area contributed by atoms with Gasteiger partial charge in [-0.2, -0.15) is 0 Å². The van der Waals surface area contributed by atoms with Crippen molar-refractivity contribution in [2.24, 2.45) is 0 Å². The number of hydroxylamine groups is 1. The van der Waals surface area contributed by atoms with E-state index in [2.05, 4.69) is 28.7 Å². The van der Waals surface area contributed by atoms with Crippen LogP contribution in [0.5, 0.6) is 5.75 Å². The Balaban J connectivity index is 1.47. The van der Waals surface area contributed by atoms with Crippen molar-refractivity contribution in [3.8, 4) is 17.2 Å². The molecule has 2 N–H and O–H groups in total. The summed E-state index contributed by atoms with van der Waals surface area (Å²) in [5.74, 6) is 2.17. The minimum Gasteiger partial charge on any atom is -0.487 e. The lowest BCUT2D eigenvalue weighted by Crippen LogP contribution is -2.11. The minimum absolute atomic E-state index is 0.355. The number of ether oxygens (including phenoxy) is 1. The molecule has 0 radical (unpaired) electrons. The molecule has 4 aromatic rings. The molecule has 1 heterocycles. The molecule has 5 nitrogen and oxygen atoms in total. The van der Waals surface area contributed by atoms with Crippen LogP contribution >= 0.6 is 0 Å². The van der Waals surface area contributed by atoms with Crippen molar-refractivity contribution in [1.82, 2.24) is 10.5 Å². The number of nitrogens with zero attached hydrogens (tertiary/aromatic N) is 1. The molecule has 0 atom stereocenters. The van der Waals surface area contributed by atoms with Crippen molar-refractivity contribution in [1.29, 1.82) is 0 Å². The first kappa shape index (κ1) is 18.2. The third-order valence-electron chi connectivity index (χ3n) is 4.69. The minimum atomic E-state index is 0.355. The Hall–Kier alpha value is -3.15. The highest BCUT2D eigenvalue weighted by Gasteiger charge is 2.12. The standard InChI is InChI=1S/C23H22N2O3/c1-16-22(25-23(28-16)18-5-3-2-4-6-18)15-27-21-10-9-19-13-17(11-12-24-26)7-8-20(19)14-21/h2-10,13-14,24,26H,11-12,15H2,1H3. The molecule has 0 unspecified atom stereocenters. The smallest absolute Gasteiger partial charge is 0.226 e. The zero-order valence-corrected chi connectivity index (χ0v) is 15.7. The van der Waals surface area contributed by atoms with E-state index in [0.717, 1.165) is 40.0 Å². The van der Waals surface area contributed by atoms with Gasteiger partial charge in [0, 0.05) is 12.1 Å². The third kappa shape index (κ3) is 4.06. The average molecular weight is 374 g/mol. The quantitative estimate of drug-likeness (QED) is 0.450. The van der Waals surface area contributed by atoms with E-state index in [0.29, 0.717) is 19.0 Å². The van der Waals surface area contributed by atoms with Crippen LogP contribution in [0.4, 0.5) is 0 Å². The summed E-state index contributed by atoms with van der Waals surface area (Å²) in [4.78, 5) is 4.58. The van der Waals surface area contributed by atoms with Crippen LogP contribution in [0.3, 0.4) is 0 Å². The first-order valence-electron chi connectivity index (χ1n) is 9.27. The fourth-order valence-corrected chi connectivity index (χ4v) is 3.14. The highest BCUT2D eigenvalue weighted by atomic mass is 16.5. The van der Waals surface area contributed by atoms with Crippen LogP contribution < -0.4 is 10.2 Å². The molecule has 0 amide bonds. The molecule has 1 aromatic heterocycles. The van der Waals surface area contributed by atoms with Crippen molar-refractivity contribution >= 4 is 10.8 Å². The van der Waals surface area contributed by atoms with E-state index in [1.54, 1.807) is 0 Å². The normalized spacial score (nSPS) is 11.1. The Morgan fingerprint density at radius 1 is 1.00 bits per heavy atom. The first-order chi connectivity index (χ1) is 13.7. The summed E-state index contributed by atoms with van der Waals surface area (Å²) in [7, 11) is 0. The molecule has 0 aliphatic rings. The number of aromatic nitrogens is 1. The van der Waals surface area contributed by atoms with Crippen LogP contribution in [-0.4, -0.2) is 16.7 Å². The highest BCUT2D eigenvalue weighted by Crippen LogP contribution is 2.25. The molecule has 142 valence electrons. The molecule has 4 rings (SSSR count). The summed E-state index contributed by atoms with van der Waals surface area (Å²) in [6.07, 6.45) is 0.778.